The van der Waals surface area contributed by atoms with E-state index in [-0.39, 0.29) is 6.04 Å². The van der Waals surface area contributed by atoms with E-state index < -0.39 is 0 Å². The van der Waals surface area contributed by atoms with Crippen molar-refractivity contribution in [3.05, 3.63) is 15.9 Å². The second-order valence-corrected chi connectivity index (χ2v) is 9.27. The predicted octanol–water partition coefficient (Wildman–Crippen LogP) is 3.47. The summed E-state index contributed by atoms with van der Waals surface area (Å²) in [6.45, 7) is 9.70. The van der Waals surface area contributed by atoms with E-state index >= 15 is 0 Å². The fraction of sp³-hybridized carbons (Fsp3) is 0.786. The monoisotopic (exact) mass is 377 g/mol. The third kappa shape index (κ3) is 3.57. The van der Waals surface area contributed by atoms with Crippen LogP contribution >= 0.6 is 39.5 Å². The summed E-state index contributed by atoms with van der Waals surface area (Å²) < 4.78 is 3.20. The van der Waals surface area contributed by atoms with Gasteiger partial charge in [0.1, 0.15) is 0 Å². The summed E-state index contributed by atoms with van der Waals surface area (Å²) in [5.74, 6) is 1.16. The summed E-state index contributed by atoms with van der Waals surface area (Å²) in [5, 5.41) is 6.52. The Balaban J connectivity index is 2.06. The van der Waals surface area contributed by atoms with Crippen molar-refractivity contribution in [1.82, 2.24) is 9.78 Å². The lowest BCUT2D eigenvalue weighted by Gasteiger charge is -2.34. The maximum atomic E-state index is 6.49. The van der Waals surface area contributed by atoms with Crippen molar-refractivity contribution in [2.24, 2.45) is 5.73 Å². The molecular formula is C14H24BrN3S2. The lowest BCUT2D eigenvalue weighted by molar-refractivity contribution is 0.572. The molecule has 1 aromatic heterocycles. The molecular weight excluding hydrogens is 354 g/mol. The van der Waals surface area contributed by atoms with Crippen LogP contribution in [0.1, 0.15) is 32.2 Å². The second-order valence-electron chi connectivity index (χ2n) is 5.45. The molecule has 4 unspecified atom stereocenters. The van der Waals surface area contributed by atoms with Crippen molar-refractivity contribution < 1.29 is 0 Å². The van der Waals surface area contributed by atoms with Gasteiger partial charge in [-0.1, -0.05) is 13.8 Å². The molecule has 0 saturated carbocycles. The number of aromatic nitrogens is 2. The molecule has 0 aromatic carbocycles. The molecule has 1 fully saturated rings. The maximum absolute atomic E-state index is 6.49. The Morgan fingerprint density at radius 1 is 1.45 bits per heavy atom. The van der Waals surface area contributed by atoms with Gasteiger partial charge in [-0.25, -0.2) is 0 Å². The molecule has 2 N–H and O–H groups in total. The second kappa shape index (κ2) is 7.07. The summed E-state index contributed by atoms with van der Waals surface area (Å²) in [4.78, 5) is 0. The number of hydrogen-bond acceptors (Lipinski definition) is 4. The summed E-state index contributed by atoms with van der Waals surface area (Å²) >= 11 is 7.78. The first-order valence-corrected chi connectivity index (χ1v) is 9.96. The van der Waals surface area contributed by atoms with E-state index in [1.54, 1.807) is 0 Å². The molecule has 1 aromatic rings. The van der Waals surface area contributed by atoms with Gasteiger partial charge in [-0.2, -0.15) is 28.6 Å². The number of thioether (sulfide) groups is 2. The SMILES string of the molecule is CCn1nc(C)c(Br)c1CC(N)C1CSC(C)C(C)S1. The quantitative estimate of drug-likeness (QED) is 0.871. The molecule has 2 heterocycles. The van der Waals surface area contributed by atoms with E-state index in [2.05, 4.69) is 70.0 Å². The van der Waals surface area contributed by atoms with Crippen LogP contribution in [0.5, 0.6) is 0 Å². The van der Waals surface area contributed by atoms with Crippen LogP contribution in [0, 0.1) is 6.92 Å². The van der Waals surface area contributed by atoms with Crippen LogP contribution in [0.3, 0.4) is 0 Å². The lowest BCUT2D eigenvalue weighted by Crippen LogP contribution is -2.41. The van der Waals surface area contributed by atoms with Gasteiger partial charge in [0.2, 0.25) is 0 Å². The van der Waals surface area contributed by atoms with Crippen LogP contribution in [-0.2, 0) is 13.0 Å². The zero-order valence-electron chi connectivity index (χ0n) is 12.6. The van der Waals surface area contributed by atoms with Crippen LogP contribution in [-0.4, -0.2) is 37.3 Å². The van der Waals surface area contributed by atoms with Crippen LogP contribution in [0.25, 0.3) is 0 Å². The zero-order chi connectivity index (χ0) is 14.9. The third-order valence-electron chi connectivity index (χ3n) is 3.93. The van der Waals surface area contributed by atoms with Gasteiger partial charge >= 0.3 is 0 Å². The van der Waals surface area contributed by atoms with Crippen molar-refractivity contribution in [2.75, 3.05) is 5.75 Å². The largest absolute Gasteiger partial charge is 0.326 e. The topological polar surface area (TPSA) is 43.8 Å². The summed E-state index contributed by atoms with van der Waals surface area (Å²) in [6, 6.07) is 0.195. The number of halogens is 1. The highest BCUT2D eigenvalue weighted by Gasteiger charge is 2.30. The van der Waals surface area contributed by atoms with Gasteiger partial charge in [-0.05, 0) is 29.8 Å². The highest BCUT2D eigenvalue weighted by atomic mass is 79.9. The van der Waals surface area contributed by atoms with E-state index in [9.17, 15) is 0 Å². The molecule has 6 heteroatoms. The molecule has 3 nitrogen and oxygen atoms in total. The normalized spacial score (nSPS) is 28.6. The summed E-state index contributed by atoms with van der Waals surface area (Å²) in [7, 11) is 0. The van der Waals surface area contributed by atoms with E-state index in [0.717, 1.165) is 34.1 Å². The number of rotatable bonds is 4. The average molecular weight is 378 g/mol. The van der Waals surface area contributed by atoms with Gasteiger partial charge in [0.15, 0.2) is 0 Å². The highest BCUT2D eigenvalue weighted by molar-refractivity contribution is 9.10. The predicted molar refractivity (Wildman–Crippen MR) is 94.8 cm³/mol. The minimum atomic E-state index is 0.195. The Kier molecular flexibility index (Phi) is 5.91. The number of nitrogens with two attached hydrogens (primary N) is 1. The van der Waals surface area contributed by atoms with E-state index in [1.165, 1.54) is 5.69 Å². The molecule has 0 amide bonds. The van der Waals surface area contributed by atoms with Crippen LogP contribution in [0.15, 0.2) is 4.47 Å². The minimum absolute atomic E-state index is 0.195. The smallest absolute Gasteiger partial charge is 0.0738 e. The van der Waals surface area contributed by atoms with Crippen LogP contribution < -0.4 is 5.73 Å². The first kappa shape index (κ1) is 16.7. The summed E-state index contributed by atoms with van der Waals surface area (Å²) in [5.41, 5.74) is 8.80. The van der Waals surface area contributed by atoms with Gasteiger partial charge < -0.3 is 5.73 Å². The fourth-order valence-corrected chi connectivity index (χ4v) is 5.96. The molecule has 0 aliphatic carbocycles. The molecule has 0 spiro atoms. The van der Waals surface area contributed by atoms with E-state index in [1.807, 2.05) is 6.92 Å². The molecule has 1 aliphatic heterocycles. The fourth-order valence-electron chi connectivity index (χ4n) is 2.45. The van der Waals surface area contributed by atoms with Crippen LogP contribution in [0.4, 0.5) is 0 Å². The first-order chi connectivity index (χ1) is 9.43. The van der Waals surface area contributed by atoms with Crippen molar-refractivity contribution >= 4 is 39.5 Å². The molecule has 0 bridgehead atoms. The van der Waals surface area contributed by atoms with Gasteiger partial charge in [0.25, 0.3) is 0 Å². The highest BCUT2D eigenvalue weighted by Crippen LogP contribution is 2.37. The Morgan fingerprint density at radius 2 is 2.15 bits per heavy atom. The molecule has 20 heavy (non-hydrogen) atoms. The minimum Gasteiger partial charge on any atom is -0.326 e. The molecule has 2 rings (SSSR count). The molecule has 4 atom stereocenters. The molecule has 1 saturated heterocycles. The first-order valence-electron chi connectivity index (χ1n) is 7.18. The molecule has 114 valence electrons. The molecule has 1 aliphatic rings. The maximum Gasteiger partial charge on any atom is 0.0738 e. The van der Waals surface area contributed by atoms with Gasteiger partial charge in [0, 0.05) is 40.5 Å². The van der Waals surface area contributed by atoms with Crippen molar-refractivity contribution in [3.63, 3.8) is 0 Å². The van der Waals surface area contributed by atoms with Gasteiger partial charge in [-0.3, -0.25) is 4.68 Å². The Bertz CT molecular complexity index is 464. The Hall–Kier alpha value is 0.350. The van der Waals surface area contributed by atoms with Gasteiger partial charge in [-0.15, -0.1) is 0 Å². The number of aryl methyl sites for hydroxylation is 2. The van der Waals surface area contributed by atoms with E-state index in [4.69, 9.17) is 5.73 Å². The third-order valence-corrected chi connectivity index (χ3v) is 8.54. The van der Waals surface area contributed by atoms with Gasteiger partial charge in [0.05, 0.1) is 15.9 Å². The standard InChI is InChI=1S/C14H24BrN3S2/c1-5-18-12(14(15)8(2)17-18)6-11(16)13-7-19-9(3)10(4)20-13/h9-11,13H,5-7,16H2,1-4H3. The lowest BCUT2D eigenvalue weighted by atomic mass is 10.1. The zero-order valence-corrected chi connectivity index (χ0v) is 15.8. The number of hydrogen-bond donors (Lipinski definition) is 1. The Labute approximate surface area is 139 Å². The van der Waals surface area contributed by atoms with E-state index in [0.29, 0.717) is 10.5 Å². The Morgan fingerprint density at radius 3 is 2.75 bits per heavy atom. The summed E-state index contributed by atoms with van der Waals surface area (Å²) in [6.07, 6.45) is 0.897. The average Bonchev–Trinajstić information content (AvgIpc) is 2.69. The van der Waals surface area contributed by atoms with Crippen LogP contribution in [0.2, 0.25) is 0 Å². The molecule has 0 radical (unpaired) electrons. The van der Waals surface area contributed by atoms with Crippen molar-refractivity contribution in [2.45, 2.75) is 62.5 Å². The van der Waals surface area contributed by atoms with Crippen molar-refractivity contribution in [1.29, 1.82) is 0 Å². The van der Waals surface area contributed by atoms with Crippen molar-refractivity contribution in [3.8, 4) is 0 Å². The number of nitrogens with zero attached hydrogens (tertiary/aromatic N) is 2.